The van der Waals surface area contributed by atoms with E-state index in [0.717, 1.165) is 68.0 Å². The first-order chi connectivity index (χ1) is 19.0. The number of aromatic nitrogens is 6. The molecule has 6 aromatic rings. The lowest BCUT2D eigenvalue weighted by molar-refractivity contribution is 0.481. The van der Waals surface area contributed by atoms with Crippen molar-refractivity contribution >= 4 is 0 Å². The van der Waals surface area contributed by atoms with E-state index in [9.17, 15) is 0 Å². The van der Waals surface area contributed by atoms with Crippen LogP contribution in [-0.2, 0) is 0 Å². The summed E-state index contributed by atoms with van der Waals surface area (Å²) in [6, 6.07) is 25.9. The van der Waals surface area contributed by atoms with E-state index in [0.29, 0.717) is 0 Å². The summed E-state index contributed by atoms with van der Waals surface area (Å²) < 4.78 is 10.2. The summed E-state index contributed by atoms with van der Waals surface area (Å²) in [4.78, 5) is 8.67. The molecule has 0 bridgehead atoms. The number of nitrogens with zero attached hydrogens (tertiary/aromatic N) is 6. The van der Waals surface area contributed by atoms with Gasteiger partial charge < -0.3 is 4.74 Å². The van der Waals surface area contributed by atoms with Gasteiger partial charge in [-0.3, -0.25) is 9.97 Å². The predicted molar refractivity (Wildman–Crippen MR) is 153 cm³/mol. The molecule has 2 aromatic carbocycles. The van der Waals surface area contributed by atoms with Crippen LogP contribution in [0, 0.1) is 27.7 Å². The molecule has 0 amide bonds. The van der Waals surface area contributed by atoms with Gasteiger partial charge in [0.1, 0.15) is 11.5 Å². The Bertz CT molecular complexity index is 1640. The zero-order valence-corrected chi connectivity index (χ0v) is 22.3. The molecule has 0 radical (unpaired) electrons. The van der Waals surface area contributed by atoms with Crippen LogP contribution in [0.3, 0.4) is 0 Å². The summed E-state index contributed by atoms with van der Waals surface area (Å²) in [5.41, 5.74) is 10.0. The number of aryl methyl sites for hydroxylation is 2. The van der Waals surface area contributed by atoms with Gasteiger partial charge in [0.05, 0.1) is 34.2 Å². The Balaban J connectivity index is 1.30. The van der Waals surface area contributed by atoms with Crippen molar-refractivity contribution in [2.75, 3.05) is 0 Å². The molecule has 39 heavy (non-hydrogen) atoms. The predicted octanol–water partition coefficient (Wildman–Crippen LogP) is 7.21. The monoisotopic (exact) mass is 512 g/mol. The maximum absolute atomic E-state index is 6.32. The standard InChI is InChI=1S/C32H28N6O/c1-21-31(25-14-17-33-18-15-25)23(3)37(35-21)26-9-7-11-28(19-26)39-29-12-8-10-27(20-29)38-24(4)32(22(2)36-38)30-13-5-6-16-34-30/h5-20H,1-4H3. The van der Waals surface area contributed by atoms with Gasteiger partial charge in [0.15, 0.2) is 0 Å². The molecule has 4 heterocycles. The summed E-state index contributed by atoms with van der Waals surface area (Å²) >= 11 is 0. The zero-order valence-electron chi connectivity index (χ0n) is 22.3. The Morgan fingerprint density at radius 1 is 0.590 bits per heavy atom. The molecule has 0 saturated carbocycles. The van der Waals surface area contributed by atoms with Crippen LogP contribution >= 0.6 is 0 Å². The third-order valence-corrected chi connectivity index (χ3v) is 6.83. The van der Waals surface area contributed by atoms with Gasteiger partial charge in [-0.15, -0.1) is 0 Å². The second-order valence-electron chi connectivity index (χ2n) is 9.46. The average Bonchev–Trinajstić information content (AvgIpc) is 3.43. The first-order valence-electron chi connectivity index (χ1n) is 12.8. The Kier molecular flexibility index (Phi) is 6.25. The molecular weight excluding hydrogens is 484 g/mol. The van der Waals surface area contributed by atoms with E-state index in [1.165, 1.54) is 0 Å². The van der Waals surface area contributed by atoms with E-state index in [4.69, 9.17) is 14.9 Å². The van der Waals surface area contributed by atoms with Crippen molar-refractivity contribution in [1.82, 2.24) is 29.5 Å². The molecule has 4 aromatic heterocycles. The van der Waals surface area contributed by atoms with Gasteiger partial charge in [-0.05, 0) is 81.8 Å². The van der Waals surface area contributed by atoms with Crippen LogP contribution in [0.25, 0.3) is 33.8 Å². The molecular formula is C32H28N6O. The summed E-state index contributed by atoms with van der Waals surface area (Å²) in [6.45, 7) is 8.19. The number of rotatable bonds is 6. The van der Waals surface area contributed by atoms with Crippen molar-refractivity contribution in [3.8, 4) is 45.3 Å². The van der Waals surface area contributed by atoms with Crippen molar-refractivity contribution in [3.05, 3.63) is 120 Å². The van der Waals surface area contributed by atoms with Crippen LogP contribution in [0.15, 0.2) is 97.5 Å². The third-order valence-electron chi connectivity index (χ3n) is 6.83. The van der Waals surface area contributed by atoms with Crippen molar-refractivity contribution in [2.24, 2.45) is 0 Å². The second-order valence-corrected chi connectivity index (χ2v) is 9.46. The molecule has 0 unspecified atom stereocenters. The minimum Gasteiger partial charge on any atom is -0.457 e. The molecule has 0 N–H and O–H groups in total. The maximum Gasteiger partial charge on any atom is 0.129 e. The van der Waals surface area contributed by atoms with E-state index < -0.39 is 0 Å². The van der Waals surface area contributed by atoms with Crippen LogP contribution in [0.2, 0.25) is 0 Å². The van der Waals surface area contributed by atoms with Crippen LogP contribution < -0.4 is 4.74 Å². The van der Waals surface area contributed by atoms with Crippen LogP contribution in [0.1, 0.15) is 22.8 Å². The molecule has 6 rings (SSSR count). The average molecular weight is 513 g/mol. The number of ether oxygens (including phenoxy) is 1. The number of benzene rings is 2. The van der Waals surface area contributed by atoms with E-state index in [2.05, 4.69) is 23.8 Å². The normalized spacial score (nSPS) is 11.1. The van der Waals surface area contributed by atoms with Gasteiger partial charge in [0.25, 0.3) is 0 Å². The quantitative estimate of drug-likeness (QED) is 0.236. The van der Waals surface area contributed by atoms with Gasteiger partial charge in [-0.25, -0.2) is 9.36 Å². The van der Waals surface area contributed by atoms with E-state index in [1.54, 1.807) is 18.6 Å². The Labute approximate surface area is 227 Å². The van der Waals surface area contributed by atoms with Gasteiger partial charge in [0, 0.05) is 47.5 Å². The van der Waals surface area contributed by atoms with Crippen LogP contribution in [0.5, 0.6) is 11.5 Å². The highest BCUT2D eigenvalue weighted by Gasteiger charge is 2.17. The molecule has 7 nitrogen and oxygen atoms in total. The van der Waals surface area contributed by atoms with Gasteiger partial charge in [-0.1, -0.05) is 18.2 Å². The Morgan fingerprint density at radius 2 is 1.18 bits per heavy atom. The fourth-order valence-electron chi connectivity index (χ4n) is 5.10. The minimum atomic E-state index is 0.724. The molecule has 192 valence electrons. The number of hydrogen-bond acceptors (Lipinski definition) is 5. The van der Waals surface area contributed by atoms with Crippen molar-refractivity contribution in [3.63, 3.8) is 0 Å². The highest BCUT2D eigenvalue weighted by atomic mass is 16.5. The van der Waals surface area contributed by atoms with Crippen LogP contribution in [0.4, 0.5) is 0 Å². The summed E-state index contributed by atoms with van der Waals surface area (Å²) in [5.74, 6) is 1.45. The molecule has 0 spiro atoms. The fourth-order valence-corrected chi connectivity index (χ4v) is 5.10. The minimum absolute atomic E-state index is 0.724. The summed E-state index contributed by atoms with van der Waals surface area (Å²) in [7, 11) is 0. The summed E-state index contributed by atoms with van der Waals surface area (Å²) in [5, 5.41) is 9.64. The largest absolute Gasteiger partial charge is 0.457 e. The molecule has 0 saturated heterocycles. The van der Waals surface area contributed by atoms with Crippen molar-refractivity contribution in [1.29, 1.82) is 0 Å². The number of pyridine rings is 2. The number of hydrogen-bond donors (Lipinski definition) is 0. The molecule has 0 aliphatic carbocycles. The lowest BCUT2D eigenvalue weighted by Crippen LogP contribution is -2.00. The van der Waals surface area contributed by atoms with E-state index in [-0.39, 0.29) is 0 Å². The Morgan fingerprint density at radius 3 is 1.77 bits per heavy atom. The fraction of sp³-hybridized carbons (Fsp3) is 0.125. The lowest BCUT2D eigenvalue weighted by Gasteiger charge is -2.11. The first-order valence-corrected chi connectivity index (χ1v) is 12.8. The highest BCUT2D eigenvalue weighted by Crippen LogP contribution is 2.32. The molecule has 0 aliphatic heterocycles. The lowest BCUT2D eigenvalue weighted by atomic mass is 10.1. The topological polar surface area (TPSA) is 70.7 Å². The highest BCUT2D eigenvalue weighted by molar-refractivity contribution is 5.69. The molecule has 0 atom stereocenters. The van der Waals surface area contributed by atoms with Gasteiger partial charge in [-0.2, -0.15) is 10.2 Å². The SMILES string of the molecule is Cc1nn(-c2cccc(Oc3cccc(-n4nc(C)c(-c5ccccn5)c4C)c3)c2)c(C)c1-c1ccncc1. The maximum atomic E-state index is 6.32. The summed E-state index contributed by atoms with van der Waals surface area (Å²) in [6.07, 6.45) is 5.42. The third kappa shape index (κ3) is 4.59. The van der Waals surface area contributed by atoms with Gasteiger partial charge >= 0.3 is 0 Å². The van der Waals surface area contributed by atoms with E-state index in [1.807, 2.05) is 102 Å². The molecule has 0 aliphatic rings. The molecule has 0 fully saturated rings. The smallest absolute Gasteiger partial charge is 0.129 e. The van der Waals surface area contributed by atoms with E-state index >= 15 is 0 Å². The van der Waals surface area contributed by atoms with Gasteiger partial charge in [0.2, 0.25) is 0 Å². The van der Waals surface area contributed by atoms with Crippen LogP contribution in [-0.4, -0.2) is 29.5 Å². The zero-order chi connectivity index (χ0) is 26.9. The van der Waals surface area contributed by atoms with Crippen molar-refractivity contribution < 1.29 is 4.74 Å². The van der Waals surface area contributed by atoms with Crippen molar-refractivity contribution in [2.45, 2.75) is 27.7 Å². The Hall–Kier alpha value is -5.04. The first kappa shape index (κ1) is 24.3. The second kappa shape index (κ2) is 10.0. The molecule has 7 heteroatoms.